The minimum atomic E-state index is -0.404. The normalized spacial score (nSPS) is 21.6. The van der Waals surface area contributed by atoms with Gasteiger partial charge in [0.2, 0.25) is 0 Å². The molecule has 2 atom stereocenters. The van der Waals surface area contributed by atoms with Gasteiger partial charge in [-0.15, -0.1) is 0 Å². The van der Waals surface area contributed by atoms with E-state index in [9.17, 15) is 10.1 Å². The molecule has 2 heterocycles. The van der Waals surface area contributed by atoms with E-state index in [0.717, 1.165) is 29.8 Å². The number of anilines is 1. The Kier molecular flexibility index (Phi) is 3.68. The third kappa shape index (κ3) is 2.79. The van der Waals surface area contributed by atoms with Crippen molar-refractivity contribution in [3.05, 3.63) is 40.4 Å². The molecule has 7 heteroatoms. The predicted molar refractivity (Wildman–Crippen MR) is 79.5 cm³/mol. The van der Waals surface area contributed by atoms with Gasteiger partial charge in [0.05, 0.1) is 22.6 Å². The predicted octanol–water partition coefficient (Wildman–Crippen LogP) is 1.54. The highest BCUT2D eigenvalue weighted by Crippen LogP contribution is 2.22. The lowest BCUT2D eigenvalue weighted by molar-refractivity contribution is -0.384. The molecule has 1 aliphatic heterocycles. The van der Waals surface area contributed by atoms with Crippen LogP contribution in [0, 0.1) is 10.1 Å². The van der Waals surface area contributed by atoms with Gasteiger partial charge in [0.15, 0.2) is 0 Å². The first kappa shape index (κ1) is 13.7. The van der Waals surface area contributed by atoms with Gasteiger partial charge in [0, 0.05) is 37.7 Å². The van der Waals surface area contributed by atoms with Crippen LogP contribution in [0.2, 0.25) is 0 Å². The fraction of sp³-hybridized carbons (Fsp3) is 0.357. The number of aromatic nitrogens is 1. The van der Waals surface area contributed by atoms with E-state index in [2.05, 4.69) is 15.6 Å². The van der Waals surface area contributed by atoms with Gasteiger partial charge in [0.25, 0.3) is 5.69 Å². The number of nitrogens with zero attached hydrogens (tertiary/aromatic N) is 2. The van der Waals surface area contributed by atoms with Crippen molar-refractivity contribution >= 4 is 22.4 Å². The highest BCUT2D eigenvalue weighted by molar-refractivity contribution is 5.82. The van der Waals surface area contributed by atoms with Gasteiger partial charge in [-0.3, -0.25) is 10.1 Å². The molecule has 0 aliphatic carbocycles. The Morgan fingerprint density at radius 2 is 2.24 bits per heavy atom. The second-order valence-electron chi connectivity index (χ2n) is 5.01. The zero-order chi connectivity index (χ0) is 14.8. The Labute approximate surface area is 121 Å². The Morgan fingerprint density at radius 1 is 1.38 bits per heavy atom. The monoisotopic (exact) mass is 288 g/mol. The quantitative estimate of drug-likeness (QED) is 0.655. The van der Waals surface area contributed by atoms with Crippen LogP contribution in [0.3, 0.4) is 0 Å². The van der Waals surface area contributed by atoms with Crippen LogP contribution in [0.4, 0.5) is 11.5 Å². The molecular weight excluding hydrogens is 272 g/mol. The van der Waals surface area contributed by atoms with Crippen LogP contribution < -0.4 is 10.6 Å². The molecule has 0 amide bonds. The summed E-state index contributed by atoms with van der Waals surface area (Å²) in [6.07, 6.45) is 0.111. The number of nitro groups is 1. The summed E-state index contributed by atoms with van der Waals surface area (Å²) in [6, 6.07) is 8.49. The number of fused-ring (bicyclic) bond motifs is 1. The van der Waals surface area contributed by atoms with E-state index in [1.54, 1.807) is 13.2 Å². The van der Waals surface area contributed by atoms with Gasteiger partial charge >= 0.3 is 0 Å². The molecule has 110 valence electrons. The second kappa shape index (κ2) is 5.63. The number of rotatable bonds is 4. The molecule has 21 heavy (non-hydrogen) atoms. The average molecular weight is 288 g/mol. The molecule has 1 saturated heterocycles. The molecule has 1 fully saturated rings. The van der Waals surface area contributed by atoms with Crippen molar-refractivity contribution in [2.75, 3.05) is 25.5 Å². The standard InChI is InChI=1S/C14H16N4O3/c1-21-13-8-15-7-12(13)17-14-5-2-9-6-10(18(19)20)3-4-11(9)16-14/h2-6,12-13,15H,7-8H2,1H3,(H,16,17)/t12?,13-/m0/s1. The van der Waals surface area contributed by atoms with Gasteiger partial charge in [-0.2, -0.15) is 0 Å². The van der Waals surface area contributed by atoms with Gasteiger partial charge < -0.3 is 15.4 Å². The maximum absolute atomic E-state index is 10.8. The maximum Gasteiger partial charge on any atom is 0.270 e. The molecule has 1 unspecified atom stereocenters. The van der Waals surface area contributed by atoms with Crippen LogP contribution in [0.15, 0.2) is 30.3 Å². The zero-order valence-corrected chi connectivity index (χ0v) is 11.6. The molecule has 2 aromatic rings. The summed E-state index contributed by atoms with van der Waals surface area (Å²) in [5, 5.41) is 18.1. The molecule has 0 bridgehead atoms. The zero-order valence-electron chi connectivity index (χ0n) is 11.6. The van der Waals surface area contributed by atoms with Gasteiger partial charge in [-0.25, -0.2) is 4.98 Å². The fourth-order valence-corrected chi connectivity index (χ4v) is 2.54. The lowest BCUT2D eigenvalue weighted by atomic mass is 10.2. The molecule has 0 spiro atoms. The number of ether oxygens (including phenoxy) is 1. The van der Waals surface area contributed by atoms with Crippen molar-refractivity contribution < 1.29 is 9.66 Å². The summed E-state index contributed by atoms with van der Waals surface area (Å²) in [4.78, 5) is 14.8. The Bertz CT molecular complexity index is 676. The van der Waals surface area contributed by atoms with E-state index in [1.807, 2.05) is 12.1 Å². The van der Waals surface area contributed by atoms with Crippen LogP contribution in [0.1, 0.15) is 0 Å². The molecule has 1 aromatic carbocycles. The van der Waals surface area contributed by atoms with Crippen molar-refractivity contribution in [3.63, 3.8) is 0 Å². The van der Waals surface area contributed by atoms with Crippen LogP contribution in [-0.2, 0) is 4.74 Å². The Hall–Kier alpha value is -2.25. The number of nitrogens with one attached hydrogen (secondary N) is 2. The molecule has 1 aliphatic rings. The first-order chi connectivity index (χ1) is 10.2. The van der Waals surface area contributed by atoms with E-state index >= 15 is 0 Å². The van der Waals surface area contributed by atoms with Gasteiger partial charge in [-0.05, 0) is 18.2 Å². The third-order valence-corrected chi connectivity index (χ3v) is 3.68. The topological polar surface area (TPSA) is 89.3 Å². The number of nitro benzene ring substituents is 1. The smallest absolute Gasteiger partial charge is 0.270 e. The number of non-ortho nitro benzene ring substituents is 1. The molecule has 0 saturated carbocycles. The van der Waals surface area contributed by atoms with Crippen molar-refractivity contribution in [1.29, 1.82) is 0 Å². The molecular formula is C14H16N4O3. The summed E-state index contributed by atoms with van der Waals surface area (Å²) in [5.41, 5.74) is 0.801. The van der Waals surface area contributed by atoms with Crippen LogP contribution in [0.25, 0.3) is 10.9 Å². The summed E-state index contributed by atoms with van der Waals surface area (Å²) in [6.45, 7) is 1.63. The van der Waals surface area contributed by atoms with Crippen molar-refractivity contribution in [2.24, 2.45) is 0 Å². The third-order valence-electron chi connectivity index (χ3n) is 3.68. The van der Waals surface area contributed by atoms with Crippen LogP contribution in [-0.4, -0.2) is 42.3 Å². The summed E-state index contributed by atoms with van der Waals surface area (Å²) >= 11 is 0. The highest BCUT2D eigenvalue weighted by Gasteiger charge is 2.26. The van der Waals surface area contributed by atoms with Crippen LogP contribution >= 0.6 is 0 Å². The second-order valence-corrected chi connectivity index (χ2v) is 5.01. The minimum absolute atomic E-state index is 0.0736. The van der Waals surface area contributed by atoms with E-state index in [-0.39, 0.29) is 17.8 Å². The summed E-state index contributed by atoms with van der Waals surface area (Å²) in [5.74, 6) is 0.743. The largest absolute Gasteiger partial charge is 0.378 e. The van der Waals surface area contributed by atoms with E-state index in [1.165, 1.54) is 12.1 Å². The van der Waals surface area contributed by atoms with Gasteiger partial charge in [0.1, 0.15) is 5.82 Å². The number of pyridine rings is 1. The van der Waals surface area contributed by atoms with Crippen molar-refractivity contribution in [1.82, 2.24) is 10.3 Å². The first-order valence-corrected chi connectivity index (χ1v) is 6.72. The van der Waals surface area contributed by atoms with Gasteiger partial charge in [-0.1, -0.05) is 0 Å². The SMILES string of the molecule is CO[C@H]1CNCC1Nc1ccc2cc([N+](=O)[O-])ccc2n1. The van der Waals surface area contributed by atoms with Crippen molar-refractivity contribution in [3.8, 4) is 0 Å². The highest BCUT2D eigenvalue weighted by atomic mass is 16.6. The molecule has 2 N–H and O–H groups in total. The fourth-order valence-electron chi connectivity index (χ4n) is 2.54. The lowest BCUT2D eigenvalue weighted by Gasteiger charge is -2.19. The number of hydrogen-bond donors (Lipinski definition) is 2. The van der Waals surface area contributed by atoms with Crippen molar-refractivity contribution in [2.45, 2.75) is 12.1 Å². The molecule has 0 radical (unpaired) electrons. The average Bonchev–Trinajstić information content (AvgIpc) is 2.93. The van der Waals surface area contributed by atoms with Crippen LogP contribution in [0.5, 0.6) is 0 Å². The number of hydrogen-bond acceptors (Lipinski definition) is 6. The first-order valence-electron chi connectivity index (χ1n) is 6.72. The Morgan fingerprint density at radius 3 is 3.00 bits per heavy atom. The van der Waals surface area contributed by atoms with E-state index < -0.39 is 4.92 Å². The summed E-state index contributed by atoms with van der Waals surface area (Å²) in [7, 11) is 1.69. The number of methoxy groups -OCH3 is 1. The number of benzene rings is 1. The minimum Gasteiger partial charge on any atom is -0.378 e. The van der Waals surface area contributed by atoms with E-state index in [0.29, 0.717) is 0 Å². The molecule has 1 aromatic heterocycles. The Balaban J connectivity index is 1.84. The lowest BCUT2D eigenvalue weighted by Crippen LogP contribution is -2.33. The maximum atomic E-state index is 10.8. The molecule has 7 nitrogen and oxygen atoms in total. The summed E-state index contributed by atoms with van der Waals surface area (Å²) < 4.78 is 5.40. The van der Waals surface area contributed by atoms with E-state index in [4.69, 9.17) is 4.74 Å². The molecule has 3 rings (SSSR count).